The van der Waals surface area contributed by atoms with Crippen LogP contribution in [0.15, 0.2) is 18.5 Å². The van der Waals surface area contributed by atoms with Crippen LogP contribution in [-0.4, -0.2) is 34.8 Å². The summed E-state index contributed by atoms with van der Waals surface area (Å²) in [7, 11) is 0. The maximum Gasteiger partial charge on any atom is 0.339 e. The van der Waals surface area contributed by atoms with E-state index in [9.17, 15) is 4.79 Å². The summed E-state index contributed by atoms with van der Waals surface area (Å²) in [4.78, 5) is 14.9. The normalized spacial score (nSPS) is 24.3. The van der Waals surface area contributed by atoms with Gasteiger partial charge in [0.25, 0.3) is 0 Å². The summed E-state index contributed by atoms with van der Waals surface area (Å²) in [5.41, 5.74) is 0.587. The topological polar surface area (TPSA) is 71.5 Å². The predicted molar refractivity (Wildman–Crippen MR) is 63.3 cm³/mol. The van der Waals surface area contributed by atoms with Crippen molar-refractivity contribution in [3.63, 3.8) is 0 Å². The number of rotatable bonds is 3. The number of carboxylic acids is 1. The zero-order valence-electron chi connectivity index (χ0n) is 9.77. The maximum atomic E-state index is 11.1. The van der Waals surface area contributed by atoms with Crippen molar-refractivity contribution in [2.24, 2.45) is 0 Å². The van der Waals surface area contributed by atoms with E-state index >= 15 is 0 Å². The summed E-state index contributed by atoms with van der Waals surface area (Å²) >= 11 is 0. The van der Waals surface area contributed by atoms with Crippen molar-refractivity contribution < 1.29 is 14.6 Å². The van der Waals surface area contributed by atoms with Crippen LogP contribution in [-0.2, 0) is 4.74 Å². The summed E-state index contributed by atoms with van der Waals surface area (Å²) in [5.74, 6) is -0.971. The quantitative estimate of drug-likeness (QED) is 0.836. The number of nitrogens with zero attached hydrogens (tertiary/aromatic N) is 1. The standard InChI is InChI=1S/C12H16N2O3/c1-12(4-2-6-17-8-12)14-10-3-5-13-7-9(10)11(15)16/h3,5,7H,2,4,6,8H2,1H3,(H,13,14)(H,15,16). The van der Waals surface area contributed by atoms with Gasteiger partial charge < -0.3 is 15.2 Å². The highest BCUT2D eigenvalue weighted by atomic mass is 16.5. The number of hydrogen-bond donors (Lipinski definition) is 2. The van der Waals surface area contributed by atoms with Crippen molar-refractivity contribution in [3.05, 3.63) is 24.0 Å². The third-order valence-corrected chi connectivity index (χ3v) is 2.93. The number of carboxylic acid groups (broad SMARTS) is 1. The lowest BCUT2D eigenvalue weighted by atomic mass is 9.94. The molecule has 1 unspecified atom stereocenters. The molecular weight excluding hydrogens is 220 g/mol. The van der Waals surface area contributed by atoms with Gasteiger partial charge in [-0.1, -0.05) is 0 Å². The van der Waals surface area contributed by atoms with E-state index in [0.717, 1.165) is 19.4 Å². The van der Waals surface area contributed by atoms with Crippen LogP contribution in [0.5, 0.6) is 0 Å². The largest absolute Gasteiger partial charge is 0.478 e. The molecule has 0 aromatic carbocycles. The Bertz CT molecular complexity index is 414. The highest BCUT2D eigenvalue weighted by Crippen LogP contribution is 2.25. The number of aromatic carboxylic acids is 1. The Kier molecular flexibility index (Phi) is 3.28. The van der Waals surface area contributed by atoms with Crippen molar-refractivity contribution in [2.45, 2.75) is 25.3 Å². The van der Waals surface area contributed by atoms with E-state index < -0.39 is 5.97 Å². The minimum atomic E-state index is -0.971. The summed E-state index contributed by atoms with van der Waals surface area (Å²) < 4.78 is 5.43. The molecule has 2 rings (SSSR count). The van der Waals surface area contributed by atoms with Gasteiger partial charge in [-0.15, -0.1) is 0 Å². The number of pyridine rings is 1. The van der Waals surface area contributed by atoms with E-state index in [1.807, 2.05) is 6.92 Å². The lowest BCUT2D eigenvalue weighted by molar-refractivity contribution is 0.0538. The Morgan fingerprint density at radius 3 is 3.12 bits per heavy atom. The second-order valence-corrected chi connectivity index (χ2v) is 4.57. The Morgan fingerprint density at radius 1 is 1.65 bits per heavy atom. The average molecular weight is 236 g/mol. The fraction of sp³-hybridized carbons (Fsp3) is 0.500. The van der Waals surface area contributed by atoms with E-state index in [2.05, 4.69) is 10.3 Å². The van der Waals surface area contributed by atoms with E-state index in [4.69, 9.17) is 9.84 Å². The van der Waals surface area contributed by atoms with Gasteiger partial charge in [-0.25, -0.2) is 4.79 Å². The Balaban J connectivity index is 2.20. The summed E-state index contributed by atoms with van der Waals surface area (Å²) in [5, 5.41) is 12.3. The van der Waals surface area contributed by atoms with Crippen molar-refractivity contribution in [2.75, 3.05) is 18.5 Å². The van der Waals surface area contributed by atoms with Gasteiger partial charge in [0.15, 0.2) is 0 Å². The lowest BCUT2D eigenvalue weighted by Gasteiger charge is -2.35. The van der Waals surface area contributed by atoms with Crippen LogP contribution in [0.4, 0.5) is 5.69 Å². The molecule has 1 aliphatic rings. The number of aromatic nitrogens is 1. The molecule has 0 spiro atoms. The fourth-order valence-electron chi connectivity index (χ4n) is 2.03. The molecule has 0 bridgehead atoms. The third kappa shape index (κ3) is 2.74. The third-order valence-electron chi connectivity index (χ3n) is 2.93. The molecule has 1 aromatic heterocycles. The molecule has 5 heteroatoms. The minimum Gasteiger partial charge on any atom is -0.478 e. The Morgan fingerprint density at radius 2 is 2.47 bits per heavy atom. The molecule has 92 valence electrons. The predicted octanol–water partition coefficient (Wildman–Crippen LogP) is 1.76. The maximum absolute atomic E-state index is 11.1. The minimum absolute atomic E-state index is 0.194. The van der Waals surface area contributed by atoms with Crippen LogP contribution in [0.2, 0.25) is 0 Å². The van der Waals surface area contributed by atoms with Gasteiger partial charge in [-0.05, 0) is 25.8 Å². The molecular formula is C12H16N2O3. The van der Waals surface area contributed by atoms with Crippen molar-refractivity contribution in [1.82, 2.24) is 4.98 Å². The molecule has 0 aliphatic carbocycles. The van der Waals surface area contributed by atoms with Gasteiger partial charge in [-0.2, -0.15) is 0 Å². The van der Waals surface area contributed by atoms with Crippen LogP contribution in [0.1, 0.15) is 30.1 Å². The first kappa shape index (κ1) is 11.9. The monoisotopic (exact) mass is 236 g/mol. The van der Waals surface area contributed by atoms with Gasteiger partial charge in [0, 0.05) is 19.0 Å². The van der Waals surface area contributed by atoms with Crippen LogP contribution in [0, 0.1) is 0 Å². The SMILES string of the molecule is CC1(Nc2ccncc2C(=O)O)CCCOC1. The van der Waals surface area contributed by atoms with Gasteiger partial charge in [0.05, 0.1) is 17.8 Å². The van der Waals surface area contributed by atoms with E-state index in [-0.39, 0.29) is 11.1 Å². The van der Waals surface area contributed by atoms with E-state index in [1.165, 1.54) is 6.20 Å². The van der Waals surface area contributed by atoms with Gasteiger partial charge >= 0.3 is 5.97 Å². The van der Waals surface area contributed by atoms with E-state index in [0.29, 0.717) is 12.3 Å². The zero-order valence-corrected chi connectivity index (χ0v) is 9.77. The van der Waals surface area contributed by atoms with Crippen LogP contribution >= 0.6 is 0 Å². The van der Waals surface area contributed by atoms with Crippen LogP contribution in [0.25, 0.3) is 0 Å². The second kappa shape index (κ2) is 4.71. The number of nitrogens with one attached hydrogen (secondary N) is 1. The highest BCUT2D eigenvalue weighted by Gasteiger charge is 2.28. The lowest BCUT2D eigenvalue weighted by Crippen LogP contribution is -2.43. The molecule has 5 nitrogen and oxygen atoms in total. The molecule has 1 saturated heterocycles. The smallest absolute Gasteiger partial charge is 0.339 e. The van der Waals surface area contributed by atoms with E-state index in [1.54, 1.807) is 12.3 Å². The summed E-state index contributed by atoms with van der Waals surface area (Å²) in [6.45, 7) is 3.41. The average Bonchev–Trinajstić information content (AvgIpc) is 2.29. The molecule has 1 aliphatic heterocycles. The number of ether oxygens (including phenoxy) is 1. The molecule has 17 heavy (non-hydrogen) atoms. The molecule has 0 amide bonds. The van der Waals surface area contributed by atoms with Crippen molar-refractivity contribution in [1.29, 1.82) is 0 Å². The van der Waals surface area contributed by atoms with Crippen LogP contribution < -0.4 is 5.32 Å². The van der Waals surface area contributed by atoms with Gasteiger partial charge in [0.1, 0.15) is 5.56 Å². The van der Waals surface area contributed by atoms with Gasteiger partial charge in [-0.3, -0.25) is 4.98 Å². The fourth-order valence-corrected chi connectivity index (χ4v) is 2.03. The number of anilines is 1. The molecule has 2 heterocycles. The van der Waals surface area contributed by atoms with Crippen molar-refractivity contribution >= 4 is 11.7 Å². The first-order valence-corrected chi connectivity index (χ1v) is 5.64. The molecule has 1 fully saturated rings. The zero-order chi connectivity index (χ0) is 12.3. The molecule has 2 N–H and O–H groups in total. The molecule has 1 aromatic rings. The summed E-state index contributed by atoms with van der Waals surface area (Å²) in [6.07, 6.45) is 4.89. The summed E-state index contributed by atoms with van der Waals surface area (Å²) in [6, 6.07) is 1.68. The first-order valence-electron chi connectivity index (χ1n) is 5.64. The molecule has 0 radical (unpaired) electrons. The Labute approximate surface area is 99.8 Å². The number of carbonyl (C=O) groups is 1. The van der Waals surface area contributed by atoms with Crippen LogP contribution in [0.3, 0.4) is 0 Å². The van der Waals surface area contributed by atoms with Gasteiger partial charge in [0.2, 0.25) is 0 Å². The Hall–Kier alpha value is -1.62. The molecule has 0 saturated carbocycles. The van der Waals surface area contributed by atoms with Crippen molar-refractivity contribution in [3.8, 4) is 0 Å². The first-order chi connectivity index (χ1) is 8.11. The molecule has 1 atom stereocenters. The number of hydrogen-bond acceptors (Lipinski definition) is 4. The second-order valence-electron chi connectivity index (χ2n) is 4.57. The highest BCUT2D eigenvalue weighted by molar-refractivity contribution is 5.93.